The largest absolute Gasteiger partial charge is 0.481 e. The third-order valence-corrected chi connectivity index (χ3v) is 2.97. The Bertz CT molecular complexity index is 547. The lowest BCUT2D eigenvalue weighted by Crippen LogP contribution is -2.41. The van der Waals surface area contributed by atoms with E-state index in [0.29, 0.717) is 0 Å². The number of carboxylic acid groups (broad SMARTS) is 1. The fraction of sp³-hybridized carbons (Fsp3) is 0.429. The van der Waals surface area contributed by atoms with E-state index in [1.807, 2.05) is 0 Å². The maximum atomic E-state index is 13.8. The minimum atomic E-state index is -1.05. The highest BCUT2D eigenvalue weighted by molar-refractivity contribution is 5.90. The Morgan fingerprint density at radius 3 is 2.48 bits per heavy atom. The van der Waals surface area contributed by atoms with Crippen molar-refractivity contribution < 1.29 is 23.5 Å². The van der Waals surface area contributed by atoms with Gasteiger partial charge >= 0.3 is 12.0 Å². The number of carboxylic acids is 1. The van der Waals surface area contributed by atoms with E-state index in [9.17, 15) is 18.4 Å². The lowest BCUT2D eigenvalue weighted by atomic mass is 10.2. The molecular weight excluding hydrogens is 282 g/mol. The molecule has 0 aromatic heterocycles. The summed E-state index contributed by atoms with van der Waals surface area (Å²) in [7, 11) is 0. The van der Waals surface area contributed by atoms with E-state index >= 15 is 0 Å². The van der Waals surface area contributed by atoms with Crippen LogP contribution in [-0.4, -0.2) is 34.6 Å². The van der Waals surface area contributed by atoms with E-state index in [2.05, 4.69) is 5.32 Å². The van der Waals surface area contributed by atoms with Crippen LogP contribution in [0, 0.1) is 18.6 Å². The van der Waals surface area contributed by atoms with Crippen molar-refractivity contribution in [3.05, 3.63) is 29.3 Å². The molecule has 5 nitrogen and oxygen atoms in total. The molecule has 1 rings (SSSR count). The molecule has 0 radical (unpaired) electrons. The lowest BCUT2D eigenvalue weighted by Gasteiger charge is -2.26. The fourth-order valence-electron chi connectivity index (χ4n) is 1.76. The van der Waals surface area contributed by atoms with Crippen molar-refractivity contribution in [2.24, 2.45) is 0 Å². The number of halogens is 2. The van der Waals surface area contributed by atoms with E-state index < -0.39 is 29.3 Å². The highest BCUT2D eigenvalue weighted by Gasteiger charge is 2.21. The molecule has 0 atom stereocenters. The summed E-state index contributed by atoms with van der Waals surface area (Å²) in [6.07, 6.45) is -0.246. The van der Waals surface area contributed by atoms with Crippen LogP contribution < -0.4 is 5.32 Å². The summed E-state index contributed by atoms with van der Waals surface area (Å²) in [4.78, 5) is 23.9. The number of carbonyl (C=O) groups excluding carboxylic acids is 1. The molecule has 1 aromatic rings. The summed E-state index contributed by atoms with van der Waals surface area (Å²) < 4.78 is 27.4. The minimum absolute atomic E-state index is 0.0477. The van der Waals surface area contributed by atoms with Crippen molar-refractivity contribution >= 4 is 17.7 Å². The van der Waals surface area contributed by atoms with Crippen LogP contribution in [0.4, 0.5) is 19.3 Å². The second kappa shape index (κ2) is 7.01. The molecule has 2 amide bonds. The van der Waals surface area contributed by atoms with Gasteiger partial charge in [0, 0.05) is 12.6 Å². The maximum absolute atomic E-state index is 13.8. The molecule has 1 aromatic carbocycles. The van der Waals surface area contributed by atoms with Gasteiger partial charge in [-0.05, 0) is 32.4 Å². The number of hydrogen-bond donors (Lipinski definition) is 2. The van der Waals surface area contributed by atoms with Gasteiger partial charge in [-0.15, -0.1) is 0 Å². The smallest absolute Gasteiger partial charge is 0.322 e. The standard InChI is InChI=1S/C14H18F2N2O3/c1-8(2)18(7-6-11(19)20)14(21)17-13-10(15)5-4-9(3)12(13)16/h4-5,8H,6-7H2,1-3H3,(H,17,21)(H,19,20). The normalized spacial score (nSPS) is 10.6. The topological polar surface area (TPSA) is 69.6 Å². The maximum Gasteiger partial charge on any atom is 0.322 e. The highest BCUT2D eigenvalue weighted by atomic mass is 19.1. The highest BCUT2D eigenvalue weighted by Crippen LogP contribution is 2.22. The molecule has 7 heteroatoms. The molecule has 0 heterocycles. The van der Waals surface area contributed by atoms with Crippen LogP contribution in [0.25, 0.3) is 0 Å². The first kappa shape index (κ1) is 16.9. The predicted molar refractivity (Wildman–Crippen MR) is 74.2 cm³/mol. The fourth-order valence-corrected chi connectivity index (χ4v) is 1.76. The predicted octanol–water partition coefficient (Wildman–Crippen LogP) is 2.99. The quantitative estimate of drug-likeness (QED) is 0.878. The number of anilines is 1. The molecular formula is C14H18F2N2O3. The average Bonchev–Trinajstić information content (AvgIpc) is 2.38. The molecule has 116 valence electrons. The van der Waals surface area contributed by atoms with Crippen molar-refractivity contribution in [3.8, 4) is 0 Å². The Labute approximate surface area is 121 Å². The second-order valence-corrected chi connectivity index (χ2v) is 4.91. The Morgan fingerprint density at radius 1 is 1.33 bits per heavy atom. The van der Waals surface area contributed by atoms with Crippen molar-refractivity contribution in [2.75, 3.05) is 11.9 Å². The summed E-state index contributed by atoms with van der Waals surface area (Å²) in [5, 5.41) is 10.8. The number of urea groups is 1. The van der Waals surface area contributed by atoms with Crippen molar-refractivity contribution in [1.29, 1.82) is 0 Å². The number of hydrogen-bond acceptors (Lipinski definition) is 2. The SMILES string of the molecule is Cc1ccc(F)c(NC(=O)N(CCC(=O)O)C(C)C)c1F. The first-order valence-corrected chi connectivity index (χ1v) is 6.48. The van der Waals surface area contributed by atoms with E-state index in [1.165, 1.54) is 17.9 Å². The molecule has 0 fully saturated rings. The van der Waals surface area contributed by atoms with Gasteiger partial charge in [-0.2, -0.15) is 0 Å². The molecule has 0 saturated carbocycles. The van der Waals surface area contributed by atoms with Crippen LogP contribution in [0.15, 0.2) is 12.1 Å². The summed E-state index contributed by atoms with van der Waals surface area (Å²) in [6, 6.07) is 1.28. The zero-order valence-electron chi connectivity index (χ0n) is 12.1. The van der Waals surface area contributed by atoms with E-state index in [4.69, 9.17) is 5.11 Å². The molecule has 0 aliphatic heterocycles. The summed E-state index contributed by atoms with van der Waals surface area (Å²) >= 11 is 0. The van der Waals surface area contributed by atoms with Gasteiger partial charge in [0.2, 0.25) is 0 Å². The van der Waals surface area contributed by atoms with E-state index in [0.717, 1.165) is 6.07 Å². The summed E-state index contributed by atoms with van der Waals surface area (Å²) in [6.45, 7) is 4.78. The Morgan fingerprint density at radius 2 is 1.95 bits per heavy atom. The Kier molecular flexibility index (Phi) is 5.63. The Hall–Kier alpha value is -2.18. The van der Waals surface area contributed by atoms with E-state index in [1.54, 1.807) is 13.8 Å². The molecule has 0 unspecified atom stereocenters. The van der Waals surface area contributed by atoms with Gasteiger partial charge in [-0.1, -0.05) is 6.07 Å². The molecule has 0 spiro atoms. The molecule has 0 saturated heterocycles. The van der Waals surface area contributed by atoms with E-state index in [-0.39, 0.29) is 24.6 Å². The summed E-state index contributed by atoms with van der Waals surface area (Å²) in [5.74, 6) is -2.78. The zero-order valence-corrected chi connectivity index (χ0v) is 12.1. The number of amides is 2. The van der Waals surface area contributed by atoms with Crippen LogP contribution in [0.1, 0.15) is 25.8 Å². The van der Waals surface area contributed by atoms with Crippen molar-refractivity contribution in [3.63, 3.8) is 0 Å². The molecule has 0 aliphatic rings. The van der Waals surface area contributed by atoms with Crippen LogP contribution in [0.2, 0.25) is 0 Å². The Balaban J connectivity index is 2.92. The van der Waals surface area contributed by atoms with Crippen molar-refractivity contribution in [1.82, 2.24) is 4.90 Å². The van der Waals surface area contributed by atoms with Crippen LogP contribution in [0.3, 0.4) is 0 Å². The van der Waals surface area contributed by atoms with Gasteiger partial charge in [0.05, 0.1) is 6.42 Å². The van der Waals surface area contributed by atoms with Crippen LogP contribution in [-0.2, 0) is 4.79 Å². The number of aliphatic carboxylic acids is 1. The van der Waals surface area contributed by atoms with Gasteiger partial charge in [0.1, 0.15) is 11.5 Å². The second-order valence-electron chi connectivity index (χ2n) is 4.91. The van der Waals surface area contributed by atoms with Gasteiger partial charge in [0.15, 0.2) is 5.82 Å². The number of nitrogens with zero attached hydrogens (tertiary/aromatic N) is 1. The number of benzene rings is 1. The molecule has 2 N–H and O–H groups in total. The molecule has 21 heavy (non-hydrogen) atoms. The molecule has 0 aliphatic carbocycles. The van der Waals surface area contributed by atoms with Gasteiger partial charge < -0.3 is 15.3 Å². The zero-order chi connectivity index (χ0) is 16.2. The lowest BCUT2D eigenvalue weighted by molar-refractivity contribution is -0.137. The monoisotopic (exact) mass is 300 g/mol. The van der Waals surface area contributed by atoms with Crippen LogP contribution >= 0.6 is 0 Å². The first-order chi connectivity index (χ1) is 9.73. The van der Waals surface area contributed by atoms with Gasteiger partial charge in [-0.3, -0.25) is 4.79 Å². The first-order valence-electron chi connectivity index (χ1n) is 6.48. The molecule has 0 bridgehead atoms. The number of nitrogens with one attached hydrogen (secondary N) is 1. The number of rotatable bonds is 5. The third kappa shape index (κ3) is 4.40. The minimum Gasteiger partial charge on any atom is -0.481 e. The third-order valence-electron chi connectivity index (χ3n) is 2.97. The van der Waals surface area contributed by atoms with Gasteiger partial charge in [0.25, 0.3) is 0 Å². The number of aryl methyl sites for hydroxylation is 1. The number of carbonyl (C=O) groups is 2. The van der Waals surface area contributed by atoms with Crippen LogP contribution in [0.5, 0.6) is 0 Å². The average molecular weight is 300 g/mol. The van der Waals surface area contributed by atoms with Gasteiger partial charge in [-0.25, -0.2) is 13.6 Å². The summed E-state index contributed by atoms with van der Waals surface area (Å²) in [5.41, 5.74) is -0.325. The van der Waals surface area contributed by atoms with Crippen molar-refractivity contribution in [2.45, 2.75) is 33.2 Å².